The SMILES string of the molecule is CNC(=O)C(Cc1ccccc1)N(Cc1ccc(C)cc1)C(=O)CCCN(c1cccc(C)c1C)S(C)(=O)=O. The molecule has 0 saturated carbocycles. The number of nitrogens with zero attached hydrogens (tertiary/aromatic N) is 2. The fourth-order valence-electron chi connectivity index (χ4n) is 4.60. The highest BCUT2D eigenvalue weighted by Gasteiger charge is 2.30. The van der Waals surface area contributed by atoms with Crippen molar-refractivity contribution in [1.82, 2.24) is 10.2 Å². The number of rotatable bonds is 12. The molecule has 3 aromatic rings. The number of sulfonamides is 1. The summed E-state index contributed by atoms with van der Waals surface area (Å²) in [6, 6.07) is 22.4. The van der Waals surface area contributed by atoms with Gasteiger partial charge in [0.2, 0.25) is 21.8 Å². The molecule has 0 heterocycles. The lowest BCUT2D eigenvalue weighted by Crippen LogP contribution is -2.49. The predicted octanol–water partition coefficient (Wildman–Crippen LogP) is 4.54. The summed E-state index contributed by atoms with van der Waals surface area (Å²) in [5.41, 5.74) is 5.48. The third-order valence-corrected chi connectivity index (χ3v) is 8.17. The normalized spacial score (nSPS) is 12.0. The Morgan fingerprint density at radius 1 is 0.872 bits per heavy atom. The molecular formula is C31H39N3O4S. The highest BCUT2D eigenvalue weighted by atomic mass is 32.2. The first-order chi connectivity index (χ1) is 18.5. The summed E-state index contributed by atoms with van der Waals surface area (Å²) < 4.78 is 26.8. The molecule has 0 fully saturated rings. The van der Waals surface area contributed by atoms with Crippen molar-refractivity contribution in [2.24, 2.45) is 0 Å². The first kappa shape index (κ1) is 29.9. The summed E-state index contributed by atoms with van der Waals surface area (Å²) in [4.78, 5) is 28.4. The highest BCUT2D eigenvalue weighted by Crippen LogP contribution is 2.26. The van der Waals surface area contributed by atoms with Gasteiger partial charge in [0.05, 0.1) is 11.9 Å². The third kappa shape index (κ3) is 8.17. The van der Waals surface area contributed by atoms with Gasteiger partial charge in [-0.25, -0.2) is 8.42 Å². The molecule has 7 nitrogen and oxygen atoms in total. The number of nitrogens with one attached hydrogen (secondary N) is 1. The first-order valence-corrected chi connectivity index (χ1v) is 15.0. The van der Waals surface area contributed by atoms with Gasteiger partial charge in [-0.05, 0) is 55.5 Å². The van der Waals surface area contributed by atoms with Gasteiger partial charge in [-0.1, -0.05) is 72.3 Å². The van der Waals surface area contributed by atoms with Crippen molar-refractivity contribution in [2.45, 2.75) is 52.6 Å². The largest absolute Gasteiger partial charge is 0.357 e. The maximum atomic E-state index is 13.7. The summed E-state index contributed by atoms with van der Waals surface area (Å²) in [7, 11) is -1.99. The van der Waals surface area contributed by atoms with Crippen molar-refractivity contribution in [1.29, 1.82) is 0 Å². The van der Waals surface area contributed by atoms with Crippen LogP contribution in [-0.2, 0) is 32.6 Å². The topological polar surface area (TPSA) is 86.8 Å². The molecule has 1 atom stereocenters. The molecule has 0 aliphatic rings. The minimum absolute atomic E-state index is 0.102. The molecule has 0 radical (unpaired) electrons. The zero-order valence-electron chi connectivity index (χ0n) is 23.5. The Hall–Kier alpha value is -3.65. The Morgan fingerprint density at radius 2 is 1.54 bits per heavy atom. The van der Waals surface area contributed by atoms with E-state index < -0.39 is 16.1 Å². The summed E-state index contributed by atoms with van der Waals surface area (Å²) in [5.74, 6) is -0.443. The smallest absolute Gasteiger partial charge is 0.242 e. The van der Waals surface area contributed by atoms with Gasteiger partial charge in [0, 0.05) is 33.0 Å². The maximum absolute atomic E-state index is 13.7. The van der Waals surface area contributed by atoms with Crippen molar-refractivity contribution >= 4 is 27.5 Å². The van der Waals surface area contributed by atoms with E-state index in [4.69, 9.17) is 0 Å². The van der Waals surface area contributed by atoms with Gasteiger partial charge < -0.3 is 10.2 Å². The summed E-state index contributed by atoms with van der Waals surface area (Å²) in [5, 5.41) is 2.72. The van der Waals surface area contributed by atoms with Crippen LogP contribution in [0.25, 0.3) is 0 Å². The van der Waals surface area contributed by atoms with E-state index in [1.807, 2.05) is 87.5 Å². The number of carbonyl (C=O) groups excluding carboxylic acids is 2. The van der Waals surface area contributed by atoms with Gasteiger partial charge in [-0.15, -0.1) is 0 Å². The molecule has 0 aromatic heterocycles. The Labute approximate surface area is 232 Å². The second-order valence-corrected chi connectivity index (χ2v) is 11.9. The quantitative estimate of drug-likeness (QED) is 0.359. The third-order valence-electron chi connectivity index (χ3n) is 6.99. The van der Waals surface area contributed by atoms with Gasteiger partial charge in [0.15, 0.2) is 0 Å². The van der Waals surface area contributed by atoms with E-state index in [0.717, 1.165) is 27.8 Å². The Kier molecular flexibility index (Phi) is 10.3. The van der Waals surface area contributed by atoms with E-state index in [9.17, 15) is 18.0 Å². The fourth-order valence-corrected chi connectivity index (χ4v) is 5.61. The van der Waals surface area contributed by atoms with Gasteiger partial charge in [-0.2, -0.15) is 0 Å². The minimum Gasteiger partial charge on any atom is -0.357 e. The van der Waals surface area contributed by atoms with E-state index >= 15 is 0 Å². The summed E-state index contributed by atoms with van der Waals surface area (Å²) >= 11 is 0. The standard InChI is InChI=1S/C31H39N3O4S/c1-23-16-18-27(19-17-23)22-33(29(31(36)32-4)21-26-12-7-6-8-13-26)30(35)15-10-20-34(39(5,37)38)28-14-9-11-24(2)25(28)3/h6-9,11-14,16-19,29H,10,15,20-22H2,1-5H3,(H,32,36). The molecule has 3 rings (SSSR count). The van der Waals surface area contributed by atoms with Gasteiger partial charge in [0.1, 0.15) is 6.04 Å². The molecule has 0 spiro atoms. The Morgan fingerprint density at radius 3 is 2.15 bits per heavy atom. The average molecular weight is 550 g/mol. The van der Waals surface area contributed by atoms with Crippen LogP contribution in [0, 0.1) is 20.8 Å². The van der Waals surface area contributed by atoms with Crippen LogP contribution in [-0.4, -0.2) is 51.0 Å². The van der Waals surface area contributed by atoms with E-state index in [1.54, 1.807) is 18.0 Å². The van der Waals surface area contributed by atoms with Crippen molar-refractivity contribution in [3.05, 3.63) is 101 Å². The molecule has 8 heteroatoms. The second kappa shape index (κ2) is 13.4. The van der Waals surface area contributed by atoms with Crippen molar-refractivity contribution < 1.29 is 18.0 Å². The van der Waals surface area contributed by atoms with E-state index in [0.29, 0.717) is 18.5 Å². The van der Waals surface area contributed by atoms with Gasteiger partial charge in [-0.3, -0.25) is 13.9 Å². The molecule has 2 amide bonds. The number of likely N-dealkylation sites (N-methyl/N-ethyl adjacent to an activating group) is 1. The molecule has 0 saturated heterocycles. The molecule has 1 N–H and O–H groups in total. The molecule has 208 valence electrons. The van der Waals surface area contributed by atoms with Crippen LogP contribution in [0.2, 0.25) is 0 Å². The van der Waals surface area contributed by atoms with Crippen LogP contribution in [0.15, 0.2) is 72.8 Å². The van der Waals surface area contributed by atoms with Crippen LogP contribution in [0.3, 0.4) is 0 Å². The van der Waals surface area contributed by atoms with E-state index in [2.05, 4.69) is 5.32 Å². The van der Waals surface area contributed by atoms with Gasteiger partial charge in [0.25, 0.3) is 0 Å². The number of carbonyl (C=O) groups is 2. The lowest BCUT2D eigenvalue weighted by molar-refractivity contribution is -0.141. The number of hydrogen-bond donors (Lipinski definition) is 1. The lowest BCUT2D eigenvalue weighted by atomic mass is 10.0. The number of anilines is 1. The number of aryl methyl sites for hydroxylation is 2. The van der Waals surface area contributed by atoms with Crippen LogP contribution >= 0.6 is 0 Å². The van der Waals surface area contributed by atoms with Crippen LogP contribution < -0.4 is 9.62 Å². The zero-order chi connectivity index (χ0) is 28.6. The summed E-state index contributed by atoms with van der Waals surface area (Å²) in [6.45, 7) is 6.28. The molecule has 3 aromatic carbocycles. The van der Waals surface area contributed by atoms with E-state index in [-0.39, 0.29) is 31.3 Å². The van der Waals surface area contributed by atoms with E-state index in [1.165, 1.54) is 10.6 Å². The zero-order valence-corrected chi connectivity index (χ0v) is 24.3. The van der Waals surface area contributed by atoms with Crippen LogP contribution in [0.5, 0.6) is 0 Å². The summed E-state index contributed by atoms with van der Waals surface area (Å²) in [6.07, 6.45) is 1.97. The van der Waals surface area contributed by atoms with Gasteiger partial charge >= 0.3 is 0 Å². The maximum Gasteiger partial charge on any atom is 0.242 e. The molecule has 1 unspecified atom stereocenters. The average Bonchev–Trinajstić information content (AvgIpc) is 2.91. The van der Waals surface area contributed by atoms with Crippen LogP contribution in [0.1, 0.15) is 40.7 Å². The Bertz CT molecular complexity index is 1370. The second-order valence-electron chi connectivity index (χ2n) is 9.98. The number of hydrogen-bond acceptors (Lipinski definition) is 4. The van der Waals surface area contributed by atoms with Crippen molar-refractivity contribution in [2.75, 3.05) is 24.2 Å². The van der Waals surface area contributed by atoms with Crippen LogP contribution in [0.4, 0.5) is 5.69 Å². The first-order valence-electron chi connectivity index (χ1n) is 13.2. The fraction of sp³-hybridized carbons (Fsp3) is 0.355. The number of amides is 2. The monoisotopic (exact) mass is 549 g/mol. The Balaban J connectivity index is 1.86. The minimum atomic E-state index is -3.56. The molecule has 39 heavy (non-hydrogen) atoms. The van der Waals surface area contributed by atoms with Crippen molar-refractivity contribution in [3.63, 3.8) is 0 Å². The number of benzene rings is 3. The highest BCUT2D eigenvalue weighted by molar-refractivity contribution is 7.92. The molecular weight excluding hydrogens is 510 g/mol. The van der Waals surface area contributed by atoms with Crippen molar-refractivity contribution in [3.8, 4) is 0 Å². The molecule has 0 aliphatic carbocycles. The molecule has 0 aliphatic heterocycles. The lowest BCUT2D eigenvalue weighted by Gasteiger charge is -2.32. The predicted molar refractivity (Wildman–Crippen MR) is 157 cm³/mol. The molecule has 0 bridgehead atoms.